The van der Waals surface area contributed by atoms with Gasteiger partial charge in [-0.1, -0.05) is 44.2 Å². The van der Waals surface area contributed by atoms with Gasteiger partial charge in [0.1, 0.15) is 24.7 Å². The lowest BCUT2D eigenvalue weighted by Crippen LogP contribution is -2.31. The molecule has 4 heteroatoms. The van der Waals surface area contributed by atoms with Crippen LogP contribution in [0.15, 0.2) is 54.6 Å². The lowest BCUT2D eigenvalue weighted by molar-refractivity contribution is 0.217. The van der Waals surface area contributed by atoms with Gasteiger partial charge in [0.05, 0.1) is 0 Å². The second-order valence-corrected chi connectivity index (χ2v) is 5.86. The molecule has 2 rings (SSSR count). The molecule has 25 heavy (non-hydrogen) atoms. The molecule has 0 unspecified atom stereocenters. The number of likely N-dealkylation sites (N-methyl/N-ethyl adjacent to an activating group) is 1. The Bertz CT molecular complexity index is 585. The number of hydrogen-bond acceptors (Lipinski definition) is 4. The quantitative estimate of drug-likeness (QED) is 0.598. The van der Waals surface area contributed by atoms with Gasteiger partial charge in [0, 0.05) is 19.6 Å². The predicted octanol–water partition coefficient (Wildman–Crippen LogP) is 3.58. The Kier molecular flexibility index (Phi) is 8.87. The summed E-state index contributed by atoms with van der Waals surface area (Å²) >= 11 is 0. The van der Waals surface area contributed by atoms with Crippen LogP contribution in [0, 0.1) is 0 Å². The maximum absolute atomic E-state index is 5.79. The van der Waals surface area contributed by atoms with Crippen molar-refractivity contribution in [2.75, 3.05) is 39.4 Å². The number of rotatable bonds is 12. The molecule has 0 bridgehead atoms. The third kappa shape index (κ3) is 7.59. The van der Waals surface area contributed by atoms with Gasteiger partial charge in [-0.3, -0.25) is 0 Å². The first-order valence-electron chi connectivity index (χ1n) is 9.14. The van der Waals surface area contributed by atoms with Crippen LogP contribution >= 0.6 is 0 Å². The molecule has 2 aromatic rings. The Hall–Kier alpha value is -2.04. The van der Waals surface area contributed by atoms with E-state index in [1.165, 1.54) is 5.56 Å². The molecule has 0 aliphatic carbocycles. The highest BCUT2D eigenvalue weighted by atomic mass is 16.5. The van der Waals surface area contributed by atoms with Crippen LogP contribution in [-0.4, -0.2) is 44.3 Å². The third-order valence-corrected chi connectivity index (χ3v) is 4.09. The number of ether oxygens (including phenoxy) is 2. The van der Waals surface area contributed by atoms with Crippen molar-refractivity contribution < 1.29 is 9.47 Å². The van der Waals surface area contributed by atoms with E-state index in [0.717, 1.165) is 44.2 Å². The van der Waals surface area contributed by atoms with Crippen LogP contribution in [0.3, 0.4) is 0 Å². The summed E-state index contributed by atoms with van der Waals surface area (Å²) in [5.41, 5.74) is 1.24. The average molecular weight is 342 g/mol. The second kappa shape index (κ2) is 11.5. The number of hydrogen-bond donors (Lipinski definition) is 1. The van der Waals surface area contributed by atoms with Gasteiger partial charge in [-0.05, 0) is 42.9 Å². The molecule has 0 amide bonds. The van der Waals surface area contributed by atoms with Crippen LogP contribution in [0.4, 0.5) is 0 Å². The Labute approximate surface area is 151 Å². The largest absolute Gasteiger partial charge is 0.490 e. The van der Waals surface area contributed by atoms with E-state index >= 15 is 0 Å². The molecule has 0 atom stereocenters. The van der Waals surface area contributed by atoms with Crippen molar-refractivity contribution in [3.05, 3.63) is 60.2 Å². The number of benzene rings is 2. The maximum Gasteiger partial charge on any atom is 0.122 e. The second-order valence-electron chi connectivity index (χ2n) is 5.86. The SMILES string of the molecule is CCN(CC)CCNCc1cccc(OCCOc2ccccc2)c1. The summed E-state index contributed by atoms with van der Waals surface area (Å²) in [6.07, 6.45) is 0. The van der Waals surface area contributed by atoms with E-state index in [9.17, 15) is 0 Å². The molecule has 0 aliphatic rings. The van der Waals surface area contributed by atoms with E-state index in [0.29, 0.717) is 13.2 Å². The lowest BCUT2D eigenvalue weighted by atomic mass is 10.2. The molecule has 0 radical (unpaired) electrons. The van der Waals surface area contributed by atoms with Crippen LogP contribution in [-0.2, 0) is 6.54 Å². The Morgan fingerprint density at radius 1 is 0.840 bits per heavy atom. The number of nitrogens with zero attached hydrogens (tertiary/aromatic N) is 1. The van der Waals surface area contributed by atoms with Crippen LogP contribution < -0.4 is 14.8 Å². The minimum absolute atomic E-state index is 0.535. The van der Waals surface area contributed by atoms with E-state index in [2.05, 4.69) is 36.2 Å². The molecule has 0 saturated carbocycles. The van der Waals surface area contributed by atoms with Gasteiger partial charge in [-0.25, -0.2) is 0 Å². The summed E-state index contributed by atoms with van der Waals surface area (Å²) in [6.45, 7) is 10.6. The summed E-state index contributed by atoms with van der Waals surface area (Å²) in [4.78, 5) is 2.42. The van der Waals surface area contributed by atoms with Gasteiger partial charge in [0.15, 0.2) is 0 Å². The van der Waals surface area contributed by atoms with Gasteiger partial charge < -0.3 is 19.7 Å². The monoisotopic (exact) mass is 342 g/mol. The zero-order valence-corrected chi connectivity index (χ0v) is 15.4. The molecule has 136 valence electrons. The molecule has 1 N–H and O–H groups in total. The van der Waals surface area contributed by atoms with E-state index < -0.39 is 0 Å². The van der Waals surface area contributed by atoms with E-state index in [1.54, 1.807) is 0 Å². The van der Waals surface area contributed by atoms with Gasteiger partial charge in [-0.15, -0.1) is 0 Å². The number of para-hydroxylation sites is 1. The molecule has 0 aliphatic heterocycles. The molecular formula is C21H30N2O2. The topological polar surface area (TPSA) is 33.7 Å². The van der Waals surface area contributed by atoms with Crippen LogP contribution in [0.1, 0.15) is 19.4 Å². The van der Waals surface area contributed by atoms with Gasteiger partial charge in [0.25, 0.3) is 0 Å². The summed E-state index contributed by atoms with van der Waals surface area (Å²) in [5, 5.41) is 3.49. The highest BCUT2D eigenvalue weighted by molar-refractivity contribution is 5.28. The minimum atomic E-state index is 0.535. The van der Waals surface area contributed by atoms with Crippen LogP contribution in [0.5, 0.6) is 11.5 Å². The zero-order chi connectivity index (χ0) is 17.7. The summed E-state index contributed by atoms with van der Waals surface area (Å²) in [5.74, 6) is 1.76. The first-order valence-corrected chi connectivity index (χ1v) is 9.14. The maximum atomic E-state index is 5.79. The minimum Gasteiger partial charge on any atom is -0.490 e. The van der Waals surface area contributed by atoms with Crippen molar-refractivity contribution in [2.24, 2.45) is 0 Å². The molecule has 0 saturated heterocycles. The Balaban J connectivity index is 1.66. The smallest absolute Gasteiger partial charge is 0.122 e. The molecule has 0 fully saturated rings. The fourth-order valence-corrected chi connectivity index (χ4v) is 2.59. The van der Waals surface area contributed by atoms with Crippen molar-refractivity contribution >= 4 is 0 Å². The molecule has 0 aromatic heterocycles. The number of nitrogens with one attached hydrogen (secondary N) is 1. The molecule has 4 nitrogen and oxygen atoms in total. The highest BCUT2D eigenvalue weighted by Gasteiger charge is 2.00. The molecule has 0 spiro atoms. The fraction of sp³-hybridized carbons (Fsp3) is 0.429. The van der Waals surface area contributed by atoms with E-state index in [1.807, 2.05) is 42.5 Å². The predicted molar refractivity (Wildman–Crippen MR) is 103 cm³/mol. The lowest BCUT2D eigenvalue weighted by Gasteiger charge is -2.18. The van der Waals surface area contributed by atoms with Crippen molar-refractivity contribution in [3.63, 3.8) is 0 Å². The summed E-state index contributed by atoms with van der Waals surface area (Å²) < 4.78 is 11.4. The highest BCUT2D eigenvalue weighted by Crippen LogP contribution is 2.13. The van der Waals surface area contributed by atoms with Crippen molar-refractivity contribution in [2.45, 2.75) is 20.4 Å². The fourth-order valence-electron chi connectivity index (χ4n) is 2.59. The van der Waals surface area contributed by atoms with Gasteiger partial charge in [0.2, 0.25) is 0 Å². The normalized spacial score (nSPS) is 10.8. The van der Waals surface area contributed by atoms with E-state index in [-0.39, 0.29) is 0 Å². The molecule has 0 heterocycles. The van der Waals surface area contributed by atoms with Crippen LogP contribution in [0.2, 0.25) is 0 Å². The van der Waals surface area contributed by atoms with Crippen molar-refractivity contribution in [1.29, 1.82) is 0 Å². The van der Waals surface area contributed by atoms with Gasteiger partial charge in [-0.2, -0.15) is 0 Å². The average Bonchev–Trinajstić information content (AvgIpc) is 2.67. The summed E-state index contributed by atoms with van der Waals surface area (Å²) in [7, 11) is 0. The zero-order valence-electron chi connectivity index (χ0n) is 15.4. The molecular weight excluding hydrogens is 312 g/mol. The first-order chi connectivity index (χ1) is 12.3. The van der Waals surface area contributed by atoms with E-state index in [4.69, 9.17) is 9.47 Å². The summed E-state index contributed by atoms with van der Waals surface area (Å²) in [6, 6.07) is 18.0. The third-order valence-electron chi connectivity index (χ3n) is 4.09. The first kappa shape index (κ1) is 19.3. The Morgan fingerprint density at radius 3 is 2.24 bits per heavy atom. The Morgan fingerprint density at radius 2 is 1.52 bits per heavy atom. The van der Waals surface area contributed by atoms with Crippen LogP contribution in [0.25, 0.3) is 0 Å². The molecule has 2 aromatic carbocycles. The van der Waals surface area contributed by atoms with Gasteiger partial charge >= 0.3 is 0 Å². The van der Waals surface area contributed by atoms with Crippen molar-refractivity contribution in [3.8, 4) is 11.5 Å². The standard InChI is InChI=1S/C21H30N2O2/c1-3-23(4-2)14-13-22-18-19-9-8-12-21(17-19)25-16-15-24-20-10-6-5-7-11-20/h5-12,17,22H,3-4,13-16,18H2,1-2H3. The van der Waals surface area contributed by atoms with Crippen molar-refractivity contribution in [1.82, 2.24) is 10.2 Å².